The largest absolute Gasteiger partial charge is 0.454 e. The van der Waals surface area contributed by atoms with Gasteiger partial charge in [-0.2, -0.15) is 0 Å². The SMILES string of the molecule is O=C(Nc1ccc(F)c(Cl)c1)N1CCN(c2ccc(-c3ccc4c(c3)OCO4)nn2)CC1. The molecule has 2 amide bonds. The van der Waals surface area contributed by atoms with Crippen molar-refractivity contribution in [1.29, 1.82) is 0 Å². The maximum Gasteiger partial charge on any atom is 0.321 e. The molecule has 0 bridgehead atoms. The van der Waals surface area contributed by atoms with Gasteiger partial charge in [0.2, 0.25) is 6.79 Å². The van der Waals surface area contributed by atoms with E-state index in [1.807, 2.05) is 30.3 Å². The number of ether oxygens (including phenoxy) is 2. The number of carbonyl (C=O) groups is 1. The topological polar surface area (TPSA) is 79.8 Å². The van der Waals surface area contributed by atoms with Gasteiger partial charge in [0, 0.05) is 37.4 Å². The number of hydrogen-bond acceptors (Lipinski definition) is 6. The van der Waals surface area contributed by atoms with Crippen LogP contribution in [-0.2, 0) is 0 Å². The Labute approximate surface area is 188 Å². The summed E-state index contributed by atoms with van der Waals surface area (Å²) in [4.78, 5) is 16.3. The Balaban J connectivity index is 1.19. The third kappa shape index (κ3) is 4.11. The van der Waals surface area contributed by atoms with Gasteiger partial charge in [-0.15, -0.1) is 10.2 Å². The van der Waals surface area contributed by atoms with E-state index in [1.165, 1.54) is 18.2 Å². The minimum absolute atomic E-state index is 0.0320. The first-order chi connectivity index (χ1) is 15.6. The van der Waals surface area contributed by atoms with Gasteiger partial charge >= 0.3 is 6.03 Å². The molecule has 5 rings (SSSR count). The summed E-state index contributed by atoms with van der Waals surface area (Å²) in [6.45, 7) is 2.51. The zero-order chi connectivity index (χ0) is 22.1. The Kier molecular flexibility index (Phi) is 5.40. The number of hydrogen-bond donors (Lipinski definition) is 1. The number of nitrogens with zero attached hydrogens (tertiary/aromatic N) is 4. The number of fused-ring (bicyclic) bond motifs is 1. The van der Waals surface area contributed by atoms with Gasteiger partial charge in [-0.1, -0.05) is 11.6 Å². The molecule has 10 heteroatoms. The molecule has 164 valence electrons. The quantitative estimate of drug-likeness (QED) is 0.642. The Bertz CT molecular complexity index is 1150. The van der Waals surface area contributed by atoms with E-state index in [9.17, 15) is 9.18 Å². The van der Waals surface area contributed by atoms with Crippen LogP contribution in [0.4, 0.5) is 20.7 Å². The summed E-state index contributed by atoms with van der Waals surface area (Å²) in [5.74, 6) is 1.65. The van der Waals surface area contributed by atoms with Crippen LogP contribution < -0.4 is 19.7 Å². The molecule has 0 saturated carbocycles. The summed E-state index contributed by atoms with van der Waals surface area (Å²) >= 11 is 5.77. The highest BCUT2D eigenvalue weighted by atomic mass is 35.5. The first kappa shape index (κ1) is 20.3. The molecule has 0 aliphatic carbocycles. The highest BCUT2D eigenvalue weighted by Gasteiger charge is 2.23. The molecule has 32 heavy (non-hydrogen) atoms. The normalized spacial score (nSPS) is 15.1. The lowest BCUT2D eigenvalue weighted by Gasteiger charge is -2.35. The molecule has 1 N–H and O–H groups in total. The first-order valence-electron chi connectivity index (χ1n) is 10.1. The summed E-state index contributed by atoms with van der Waals surface area (Å²) in [6.07, 6.45) is 0. The number of halogens is 2. The highest BCUT2D eigenvalue weighted by molar-refractivity contribution is 6.31. The first-order valence-corrected chi connectivity index (χ1v) is 10.4. The van der Waals surface area contributed by atoms with E-state index in [0.717, 1.165) is 22.8 Å². The fourth-order valence-electron chi connectivity index (χ4n) is 3.62. The van der Waals surface area contributed by atoms with Crippen LogP contribution in [0.2, 0.25) is 5.02 Å². The van der Waals surface area contributed by atoms with Gasteiger partial charge in [0.1, 0.15) is 5.82 Å². The van der Waals surface area contributed by atoms with Crippen molar-refractivity contribution in [3.8, 4) is 22.8 Å². The third-order valence-corrected chi connectivity index (χ3v) is 5.67. The molecule has 3 heterocycles. The van der Waals surface area contributed by atoms with E-state index in [0.29, 0.717) is 37.6 Å². The number of nitrogens with one attached hydrogen (secondary N) is 1. The maximum atomic E-state index is 13.3. The Morgan fingerprint density at radius 2 is 1.78 bits per heavy atom. The number of urea groups is 1. The maximum absolute atomic E-state index is 13.3. The lowest BCUT2D eigenvalue weighted by molar-refractivity contribution is 0.174. The van der Waals surface area contributed by atoms with Crippen molar-refractivity contribution in [1.82, 2.24) is 15.1 Å². The molecule has 2 aromatic carbocycles. The predicted molar refractivity (Wildman–Crippen MR) is 118 cm³/mol. The van der Waals surface area contributed by atoms with E-state index in [1.54, 1.807) is 4.90 Å². The molecular formula is C22H19ClFN5O3. The minimum atomic E-state index is -0.524. The van der Waals surface area contributed by atoms with Crippen molar-refractivity contribution in [2.75, 3.05) is 43.2 Å². The van der Waals surface area contributed by atoms with Crippen LogP contribution in [0.5, 0.6) is 11.5 Å². The Morgan fingerprint density at radius 1 is 0.969 bits per heavy atom. The smallest absolute Gasteiger partial charge is 0.321 e. The van der Waals surface area contributed by atoms with Crippen molar-refractivity contribution in [2.24, 2.45) is 0 Å². The van der Waals surface area contributed by atoms with Crippen LogP contribution in [0.3, 0.4) is 0 Å². The van der Waals surface area contributed by atoms with Gasteiger partial charge < -0.3 is 24.6 Å². The van der Waals surface area contributed by atoms with Gasteiger partial charge in [-0.3, -0.25) is 0 Å². The lowest BCUT2D eigenvalue weighted by atomic mass is 10.1. The van der Waals surface area contributed by atoms with Gasteiger partial charge in [-0.25, -0.2) is 9.18 Å². The summed E-state index contributed by atoms with van der Waals surface area (Å²) in [5.41, 5.74) is 2.09. The number of rotatable bonds is 3. The Morgan fingerprint density at radius 3 is 2.53 bits per heavy atom. The van der Waals surface area contributed by atoms with E-state index in [-0.39, 0.29) is 17.8 Å². The number of aromatic nitrogens is 2. The highest BCUT2D eigenvalue weighted by Crippen LogP contribution is 2.35. The monoisotopic (exact) mass is 455 g/mol. The van der Waals surface area contributed by atoms with Crippen molar-refractivity contribution in [2.45, 2.75) is 0 Å². The number of carbonyl (C=O) groups excluding carboxylic acids is 1. The second-order valence-corrected chi connectivity index (χ2v) is 7.79. The van der Waals surface area contributed by atoms with Crippen LogP contribution in [0, 0.1) is 5.82 Å². The minimum Gasteiger partial charge on any atom is -0.454 e. The van der Waals surface area contributed by atoms with Crippen molar-refractivity contribution >= 4 is 29.1 Å². The summed E-state index contributed by atoms with van der Waals surface area (Å²) in [6, 6.07) is 13.3. The second-order valence-electron chi connectivity index (χ2n) is 7.38. The summed E-state index contributed by atoms with van der Waals surface area (Å²) in [5, 5.41) is 11.4. The molecule has 1 fully saturated rings. The molecule has 0 atom stereocenters. The van der Waals surface area contributed by atoms with E-state index >= 15 is 0 Å². The van der Waals surface area contributed by atoms with Gasteiger partial charge in [0.25, 0.3) is 0 Å². The van der Waals surface area contributed by atoms with Gasteiger partial charge in [0.05, 0.1) is 10.7 Å². The van der Waals surface area contributed by atoms with Crippen molar-refractivity contribution < 1.29 is 18.7 Å². The fourth-order valence-corrected chi connectivity index (χ4v) is 3.80. The van der Waals surface area contributed by atoms with Crippen molar-refractivity contribution in [3.05, 3.63) is 59.4 Å². The molecule has 2 aliphatic rings. The molecular weight excluding hydrogens is 437 g/mol. The van der Waals surface area contributed by atoms with E-state index < -0.39 is 5.82 Å². The average molecular weight is 456 g/mol. The number of benzene rings is 2. The van der Waals surface area contributed by atoms with Crippen LogP contribution in [0.25, 0.3) is 11.3 Å². The summed E-state index contributed by atoms with van der Waals surface area (Å²) in [7, 11) is 0. The predicted octanol–water partition coefficient (Wildman–Crippen LogP) is 4.02. The lowest BCUT2D eigenvalue weighted by Crippen LogP contribution is -2.50. The zero-order valence-corrected chi connectivity index (χ0v) is 17.7. The second kappa shape index (κ2) is 8.51. The molecule has 0 radical (unpaired) electrons. The molecule has 1 aromatic heterocycles. The number of anilines is 2. The van der Waals surface area contributed by atoms with Gasteiger partial charge in [0.15, 0.2) is 17.3 Å². The third-order valence-electron chi connectivity index (χ3n) is 5.38. The Hall–Kier alpha value is -3.59. The zero-order valence-electron chi connectivity index (χ0n) is 16.9. The molecule has 8 nitrogen and oxygen atoms in total. The number of piperazine rings is 1. The average Bonchev–Trinajstić information content (AvgIpc) is 3.30. The van der Waals surface area contributed by atoms with Crippen LogP contribution in [0.15, 0.2) is 48.5 Å². The summed E-state index contributed by atoms with van der Waals surface area (Å²) < 4.78 is 24.0. The van der Waals surface area contributed by atoms with Crippen LogP contribution in [-0.4, -0.2) is 54.1 Å². The van der Waals surface area contributed by atoms with Crippen LogP contribution >= 0.6 is 11.6 Å². The van der Waals surface area contributed by atoms with Crippen LogP contribution in [0.1, 0.15) is 0 Å². The molecule has 0 spiro atoms. The molecule has 1 saturated heterocycles. The van der Waals surface area contributed by atoms with E-state index in [2.05, 4.69) is 20.4 Å². The van der Waals surface area contributed by atoms with Gasteiger partial charge in [-0.05, 0) is 48.5 Å². The molecule has 3 aromatic rings. The molecule has 2 aliphatic heterocycles. The fraction of sp³-hybridized carbons (Fsp3) is 0.227. The number of amides is 2. The molecule has 0 unspecified atom stereocenters. The van der Waals surface area contributed by atoms with Crippen molar-refractivity contribution in [3.63, 3.8) is 0 Å². The van der Waals surface area contributed by atoms with E-state index in [4.69, 9.17) is 21.1 Å². The standard InChI is InChI=1S/C22H19ClFN5O3/c23-16-12-15(2-3-17(16)24)25-22(30)29-9-7-28(8-10-29)21-6-4-18(26-27-21)14-1-5-19-20(11-14)32-13-31-19/h1-6,11-12H,7-10,13H2,(H,25,30).